The number of aromatic amines is 1. The molecule has 0 radical (unpaired) electrons. The Morgan fingerprint density at radius 2 is 2.17 bits per heavy atom. The Bertz CT molecular complexity index is 766. The van der Waals surface area contributed by atoms with Crippen LogP contribution in [0.4, 0.5) is 0 Å². The molecule has 1 saturated heterocycles. The molecule has 2 aromatic rings. The minimum atomic E-state index is 0.0915. The van der Waals surface area contributed by atoms with Crippen LogP contribution in [0.5, 0.6) is 5.75 Å². The number of methoxy groups -OCH3 is 1. The van der Waals surface area contributed by atoms with E-state index in [0.29, 0.717) is 16.5 Å². The Hall–Kier alpha value is -2.15. The summed E-state index contributed by atoms with van der Waals surface area (Å²) in [6.45, 7) is 4.04. The first-order chi connectivity index (χ1) is 11.6. The normalized spacial score (nSPS) is 17.8. The van der Waals surface area contributed by atoms with Gasteiger partial charge in [0.1, 0.15) is 12.3 Å². The Morgan fingerprint density at radius 3 is 2.83 bits per heavy atom. The first-order valence-electron chi connectivity index (χ1n) is 8.16. The average molecular weight is 346 g/mol. The van der Waals surface area contributed by atoms with Crippen molar-refractivity contribution >= 4 is 18.1 Å². The van der Waals surface area contributed by atoms with E-state index >= 15 is 0 Å². The third-order valence-corrected chi connectivity index (χ3v) is 4.72. The molecule has 0 spiro atoms. The van der Waals surface area contributed by atoms with Gasteiger partial charge in [-0.25, -0.2) is 0 Å². The summed E-state index contributed by atoms with van der Waals surface area (Å²) in [6.07, 6.45) is 2.25. The summed E-state index contributed by atoms with van der Waals surface area (Å²) in [6, 6.07) is 7.55. The minimum Gasteiger partial charge on any atom is -0.497 e. The zero-order chi connectivity index (χ0) is 17.1. The molecular weight excluding hydrogens is 324 g/mol. The van der Waals surface area contributed by atoms with Crippen LogP contribution in [0.3, 0.4) is 0 Å². The van der Waals surface area contributed by atoms with Gasteiger partial charge < -0.3 is 9.64 Å². The van der Waals surface area contributed by atoms with Gasteiger partial charge in [0, 0.05) is 18.7 Å². The van der Waals surface area contributed by atoms with Crippen molar-refractivity contribution in [1.29, 1.82) is 0 Å². The van der Waals surface area contributed by atoms with Crippen LogP contribution < -0.4 is 4.74 Å². The van der Waals surface area contributed by atoms with Crippen LogP contribution in [0.2, 0.25) is 0 Å². The lowest BCUT2D eigenvalue weighted by molar-refractivity contribution is -0.133. The molecule has 1 fully saturated rings. The highest BCUT2D eigenvalue weighted by Gasteiger charge is 2.22. The van der Waals surface area contributed by atoms with Crippen molar-refractivity contribution in [2.75, 3.05) is 20.2 Å². The molecule has 24 heavy (non-hydrogen) atoms. The van der Waals surface area contributed by atoms with Gasteiger partial charge in [0.2, 0.25) is 5.91 Å². The van der Waals surface area contributed by atoms with Gasteiger partial charge in [0.25, 0.3) is 0 Å². The zero-order valence-corrected chi connectivity index (χ0v) is 14.8. The molecule has 6 nitrogen and oxygen atoms in total. The van der Waals surface area contributed by atoms with E-state index in [0.717, 1.165) is 30.8 Å². The summed E-state index contributed by atoms with van der Waals surface area (Å²) in [5.74, 6) is 2.09. The van der Waals surface area contributed by atoms with Crippen molar-refractivity contribution in [3.8, 4) is 17.1 Å². The number of piperidine rings is 1. The molecule has 1 aliphatic rings. The SMILES string of the molecule is COc1ccc(-c2n[nH]c(=S)n2CC(=O)N2CCCC(C)C2)cc1. The highest BCUT2D eigenvalue weighted by molar-refractivity contribution is 7.71. The van der Waals surface area contributed by atoms with Crippen LogP contribution in [0, 0.1) is 10.7 Å². The van der Waals surface area contributed by atoms with Crippen molar-refractivity contribution in [3.05, 3.63) is 29.0 Å². The maximum Gasteiger partial charge on any atom is 0.242 e. The molecule has 7 heteroatoms. The quantitative estimate of drug-likeness (QED) is 0.865. The number of likely N-dealkylation sites (tertiary alicyclic amines) is 1. The second-order valence-corrected chi connectivity index (χ2v) is 6.64. The van der Waals surface area contributed by atoms with Gasteiger partial charge in [0.15, 0.2) is 10.6 Å². The largest absolute Gasteiger partial charge is 0.497 e. The lowest BCUT2D eigenvalue weighted by Gasteiger charge is -2.31. The summed E-state index contributed by atoms with van der Waals surface area (Å²) >= 11 is 5.31. The number of carbonyl (C=O) groups is 1. The summed E-state index contributed by atoms with van der Waals surface area (Å²) < 4.78 is 7.40. The predicted molar refractivity (Wildman–Crippen MR) is 94.4 cm³/mol. The topological polar surface area (TPSA) is 63.1 Å². The van der Waals surface area contributed by atoms with Crippen LogP contribution in [0.15, 0.2) is 24.3 Å². The molecule has 128 valence electrons. The molecule has 1 amide bonds. The Labute approximate surface area is 146 Å². The van der Waals surface area contributed by atoms with Gasteiger partial charge in [-0.3, -0.25) is 14.5 Å². The van der Waals surface area contributed by atoms with Crippen LogP contribution >= 0.6 is 12.2 Å². The van der Waals surface area contributed by atoms with Crippen LogP contribution in [0.1, 0.15) is 19.8 Å². The molecule has 1 unspecified atom stereocenters. The number of nitrogens with one attached hydrogen (secondary N) is 1. The summed E-state index contributed by atoms with van der Waals surface area (Å²) in [5, 5.41) is 7.08. The fourth-order valence-corrected chi connectivity index (χ4v) is 3.27. The molecule has 1 aliphatic heterocycles. The van der Waals surface area contributed by atoms with Gasteiger partial charge in [-0.1, -0.05) is 6.92 Å². The third kappa shape index (κ3) is 3.51. The van der Waals surface area contributed by atoms with E-state index < -0.39 is 0 Å². The van der Waals surface area contributed by atoms with E-state index in [9.17, 15) is 4.79 Å². The number of amides is 1. The van der Waals surface area contributed by atoms with E-state index in [-0.39, 0.29) is 12.5 Å². The first kappa shape index (κ1) is 16.7. The van der Waals surface area contributed by atoms with E-state index in [2.05, 4.69) is 17.1 Å². The second kappa shape index (κ2) is 7.17. The van der Waals surface area contributed by atoms with Crippen molar-refractivity contribution in [2.45, 2.75) is 26.3 Å². The van der Waals surface area contributed by atoms with E-state index in [1.54, 1.807) is 11.7 Å². The smallest absolute Gasteiger partial charge is 0.242 e. The molecule has 1 atom stereocenters. The fraction of sp³-hybridized carbons (Fsp3) is 0.471. The number of benzene rings is 1. The van der Waals surface area contributed by atoms with Crippen molar-refractivity contribution in [2.24, 2.45) is 5.92 Å². The van der Waals surface area contributed by atoms with Crippen LogP contribution in [0.25, 0.3) is 11.4 Å². The summed E-state index contributed by atoms with van der Waals surface area (Å²) in [7, 11) is 1.63. The monoisotopic (exact) mass is 346 g/mol. The standard InChI is InChI=1S/C17H22N4O2S/c1-12-4-3-9-20(10-12)15(22)11-21-16(18-19-17(21)24)13-5-7-14(23-2)8-6-13/h5-8,12H,3-4,9-11H2,1-2H3,(H,19,24). The van der Waals surface area contributed by atoms with Crippen LogP contribution in [-0.4, -0.2) is 45.8 Å². The van der Waals surface area contributed by atoms with Crippen molar-refractivity contribution in [1.82, 2.24) is 19.7 Å². The van der Waals surface area contributed by atoms with Gasteiger partial charge in [-0.15, -0.1) is 0 Å². The number of hydrogen-bond donors (Lipinski definition) is 1. The maximum absolute atomic E-state index is 12.6. The third-order valence-electron chi connectivity index (χ3n) is 4.41. The summed E-state index contributed by atoms with van der Waals surface area (Å²) in [4.78, 5) is 14.6. The molecular formula is C17H22N4O2S. The van der Waals surface area contributed by atoms with E-state index in [1.807, 2.05) is 29.2 Å². The number of hydrogen-bond acceptors (Lipinski definition) is 4. The van der Waals surface area contributed by atoms with Crippen LogP contribution in [-0.2, 0) is 11.3 Å². The molecule has 1 N–H and O–H groups in total. The van der Waals surface area contributed by atoms with Gasteiger partial charge in [-0.2, -0.15) is 5.10 Å². The molecule has 3 rings (SSSR count). The molecule has 0 aliphatic carbocycles. The highest BCUT2D eigenvalue weighted by Crippen LogP contribution is 2.22. The number of rotatable bonds is 4. The molecule has 1 aromatic heterocycles. The van der Waals surface area contributed by atoms with Crippen molar-refractivity contribution < 1.29 is 9.53 Å². The number of carbonyl (C=O) groups excluding carboxylic acids is 1. The molecule has 1 aromatic carbocycles. The Balaban J connectivity index is 1.82. The maximum atomic E-state index is 12.6. The second-order valence-electron chi connectivity index (χ2n) is 6.25. The Kier molecular flexibility index (Phi) is 4.99. The average Bonchev–Trinajstić information content (AvgIpc) is 2.96. The lowest BCUT2D eigenvalue weighted by atomic mass is 10.0. The summed E-state index contributed by atoms with van der Waals surface area (Å²) in [5.41, 5.74) is 0.892. The predicted octanol–water partition coefficient (Wildman–Crippen LogP) is 2.87. The number of ether oxygens (including phenoxy) is 1. The van der Waals surface area contributed by atoms with E-state index in [1.165, 1.54) is 6.42 Å². The molecule has 2 heterocycles. The number of aromatic nitrogens is 3. The number of nitrogens with zero attached hydrogens (tertiary/aromatic N) is 3. The molecule has 0 saturated carbocycles. The minimum absolute atomic E-state index is 0.0915. The van der Waals surface area contributed by atoms with Gasteiger partial charge in [-0.05, 0) is 55.2 Å². The zero-order valence-electron chi connectivity index (χ0n) is 14.0. The fourth-order valence-electron chi connectivity index (χ4n) is 3.08. The highest BCUT2D eigenvalue weighted by atomic mass is 32.1. The lowest BCUT2D eigenvalue weighted by Crippen LogP contribution is -2.40. The van der Waals surface area contributed by atoms with Gasteiger partial charge in [0.05, 0.1) is 7.11 Å². The first-order valence-corrected chi connectivity index (χ1v) is 8.56. The number of H-pyrrole nitrogens is 1. The Morgan fingerprint density at radius 1 is 1.42 bits per heavy atom. The van der Waals surface area contributed by atoms with Gasteiger partial charge >= 0.3 is 0 Å². The molecule has 0 bridgehead atoms. The van der Waals surface area contributed by atoms with Crippen molar-refractivity contribution in [3.63, 3.8) is 0 Å². The van der Waals surface area contributed by atoms with E-state index in [4.69, 9.17) is 17.0 Å².